The van der Waals surface area contributed by atoms with Crippen molar-refractivity contribution in [2.75, 3.05) is 24.7 Å². The molecule has 3 rings (SSSR count). The van der Waals surface area contributed by atoms with E-state index in [1.165, 1.54) is 0 Å². The van der Waals surface area contributed by atoms with Crippen LogP contribution < -0.4 is 10.6 Å². The number of ether oxygens (including phenoxy) is 1. The van der Waals surface area contributed by atoms with Gasteiger partial charge in [-0.25, -0.2) is 4.98 Å². The lowest BCUT2D eigenvalue weighted by atomic mass is 10.0. The summed E-state index contributed by atoms with van der Waals surface area (Å²) in [4.78, 5) is 15.0. The van der Waals surface area contributed by atoms with Gasteiger partial charge in [0, 0.05) is 20.0 Å². The molecule has 2 aromatic rings. The van der Waals surface area contributed by atoms with Crippen molar-refractivity contribution in [2.24, 2.45) is 5.92 Å². The van der Waals surface area contributed by atoms with Crippen molar-refractivity contribution in [1.29, 1.82) is 0 Å². The average Bonchev–Trinajstić information content (AvgIpc) is 3.00. The molecule has 0 amide bonds. The van der Waals surface area contributed by atoms with Crippen LogP contribution >= 0.6 is 0 Å². The Balaban J connectivity index is 2.08. The molecule has 1 saturated heterocycles. The summed E-state index contributed by atoms with van der Waals surface area (Å²) in [5, 5.41) is 0. The van der Waals surface area contributed by atoms with Crippen molar-refractivity contribution in [3.05, 3.63) is 6.33 Å². The van der Waals surface area contributed by atoms with E-state index >= 15 is 0 Å². The van der Waals surface area contributed by atoms with Crippen LogP contribution in [-0.4, -0.2) is 39.7 Å². The maximum absolute atomic E-state index is 6.12. The molecule has 114 valence electrons. The molecule has 1 fully saturated rings. The molecular weight excluding hydrogens is 268 g/mol. The van der Waals surface area contributed by atoms with E-state index in [0.29, 0.717) is 12.0 Å². The van der Waals surface area contributed by atoms with E-state index in [4.69, 9.17) is 10.5 Å². The second kappa shape index (κ2) is 5.14. The first-order chi connectivity index (χ1) is 10.0. The quantitative estimate of drug-likeness (QED) is 0.928. The summed E-state index contributed by atoms with van der Waals surface area (Å²) in [6, 6.07) is 0. The minimum absolute atomic E-state index is 0.0377. The highest BCUT2D eigenvalue weighted by Crippen LogP contribution is 2.37. The zero-order valence-corrected chi connectivity index (χ0v) is 12.9. The van der Waals surface area contributed by atoms with Crippen molar-refractivity contribution in [2.45, 2.75) is 39.0 Å². The average molecular weight is 290 g/mol. The standard InChI is InChI=1S/C14H22N6O/c1-5-9-6-8(2)13(21-9)20-7-16-10-11(19(3)4)17-14(15)18-12(10)20/h7-9,13H,5-6H2,1-4H3,(H2,15,17,18)/t8-,9+,13+/m0/s1. The number of imidazole rings is 1. The van der Waals surface area contributed by atoms with Gasteiger partial charge in [0.2, 0.25) is 5.95 Å². The summed E-state index contributed by atoms with van der Waals surface area (Å²) < 4.78 is 8.11. The summed E-state index contributed by atoms with van der Waals surface area (Å²) in [6.45, 7) is 4.35. The van der Waals surface area contributed by atoms with Crippen LogP contribution in [0.15, 0.2) is 6.33 Å². The minimum Gasteiger partial charge on any atom is -0.368 e. The zero-order valence-electron chi connectivity index (χ0n) is 12.9. The molecule has 2 N–H and O–H groups in total. The van der Waals surface area contributed by atoms with Crippen molar-refractivity contribution in [3.8, 4) is 0 Å². The molecule has 0 aliphatic carbocycles. The molecule has 3 heterocycles. The molecule has 1 aliphatic rings. The molecule has 0 aromatic carbocycles. The highest BCUT2D eigenvalue weighted by atomic mass is 16.5. The number of nitrogens with zero attached hydrogens (tertiary/aromatic N) is 5. The molecule has 21 heavy (non-hydrogen) atoms. The van der Waals surface area contributed by atoms with Gasteiger partial charge < -0.3 is 15.4 Å². The van der Waals surface area contributed by atoms with Gasteiger partial charge in [-0.05, 0) is 12.8 Å². The summed E-state index contributed by atoms with van der Waals surface area (Å²) in [5.41, 5.74) is 7.34. The number of fused-ring (bicyclic) bond motifs is 1. The van der Waals surface area contributed by atoms with Gasteiger partial charge in [0.25, 0.3) is 0 Å². The van der Waals surface area contributed by atoms with E-state index < -0.39 is 0 Å². The van der Waals surface area contributed by atoms with Gasteiger partial charge in [0.1, 0.15) is 6.23 Å². The number of nitrogen functional groups attached to an aromatic ring is 1. The van der Waals surface area contributed by atoms with E-state index in [1.54, 1.807) is 6.33 Å². The van der Waals surface area contributed by atoms with E-state index in [2.05, 4.69) is 28.8 Å². The normalized spacial score (nSPS) is 25.6. The predicted octanol–water partition coefficient (Wildman–Crippen LogP) is 1.81. The Hall–Kier alpha value is -1.89. The minimum atomic E-state index is -0.0377. The third-order valence-electron chi connectivity index (χ3n) is 4.03. The third-order valence-corrected chi connectivity index (χ3v) is 4.03. The van der Waals surface area contributed by atoms with Gasteiger partial charge in [0.05, 0.1) is 12.4 Å². The summed E-state index contributed by atoms with van der Waals surface area (Å²) in [5.74, 6) is 1.41. The summed E-state index contributed by atoms with van der Waals surface area (Å²) in [6.07, 6.45) is 4.12. The van der Waals surface area contributed by atoms with Gasteiger partial charge in [-0.2, -0.15) is 9.97 Å². The SMILES string of the molecule is CC[C@@H]1C[C@H](C)[C@H](n2cnc3c(N(C)C)nc(N)nc32)O1. The van der Waals surface area contributed by atoms with E-state index in [0.717, 1.165) is 29.8 Å². The highest BCUT2D eigenvalue weighted by molar-refractivity contribution is 5.84. The maximum atomic E-state index is 6.12. The van der Waals surface area contributed by atoms with Crippen molar-refractivity contribution >= 4 is 22.9 Å². The van der Waals surface area contributed by atoms with E-state index in [-0.39, 0.29) is 12.2 Å². The Morgan fingerprint density at radius 3 is 2.81 bits per heavy atom. The Morgan fingerprint density at radius 2 is 2.19 bits per heavy atom. The summed E-state index contributed by atoms with van der Waals surface area (Å²) >= 11 is 0. The van der Waals surface area contributed by atoms with Crippen LogP contribution in [0.25, 0.3) is 11.2 Å². The highest BCUT2D eigenvalue weighted by Gasteiger charge is 2.33. The Kier molecular flexibility index (Phi) is 3.44. The molecule has 1 aliphatic heterocycles. The van der Waals surface area contributed by atoms with Crippen LogP contribution in [-0.2, 0) is 4.74 Å². The van der Waals surface area contributed by atoms with Gasteiger partial charge >= 0.3 is 0 Å². The number of rotatable bonds is 3. The second-order valence-electron chi connectivity index (χ2n) is 5.89. The predicted molar refractivity (Wildman–Crippen MR) is 82.0 cm³/mol. The topological polar surface area (TPSA) is 82.1 Å². The first-order valence-corrected chi connectivity index (χ1v) is 7.34. The Morgan fingerprint density at radius 1 is 1.43 bits per heavy atom. The molecule has 0 unspecified atom stereocenters. The fourth-order valence-corrected chi connectivity index (χ4v) is 2.94. The maximum Gasteiger partial charge on any atom is 0.224 e. The molecule has 3 atom stereocenters. The molecule has 2 aromatic heterocycles. The molecule has 0 bridgehead atoms. The zero-order chi connectivity index (χ0) is 15.1. The number of nitrogens with two attached hydrogens (primary N) is 1. The van der Waals surface area contributed by atoms with Gasteiger partial charge in [-0.15, -0.1) is 0 Å². The molecule has 0 saturated carbocycles. The van der Waals surface area contributed by atoms with Crippen LogP contribution in [0.4, 0.5) is 11.8 Å². The second-order valence-corrected chi connectivity index (χ2v) is 5.89. The van der Waals surface area contributed by atoms with Crippen LogP contribution in [0.3, 0.4) is 0 Å². The fourth-order valence-electron chi connectivity index (χ4n) is 2.94. The first kappa shape index (κ1) is 14.1. The Bertz CT molecular complexity index is 652. The van der Waals surface area contributed by atoms with E-state index in [9.17, 15) is 0 Å². The van der Waals surface area contributed by atoms with Crippen molar-refractivity contribution in [1.82, 2.24) is 19.5 Å². The molecular formula is C14H22N6O. The molecule has 7 heteroatoms. The van der Waals surface area contributed by atoms with E-state index in [1.807, 2.05) is 23.6 Å². The number of hydrogen-bond acceptors (Lipinski definition) is 6. The van der Waals surface area contributed by atoms with Crippen molar-refractivity contribution < 1.29 is 4.74 Å². The van der Waals surface area contributed by atoms with Crippen LogP contribution in [0.1, 0.15) is 32.9 Å². The molecule has 0 radical (unpaired) electrons. The number of anilines is 2. The van der Waals surface area contributed by atoms with Crippen LogP contribution in [0, 0.1) is 5.92 Å². The van der Waals surface area contributed by atoms with Gasteiger partial charge in [-0.1, -0.05) is 13.8 Å². The van der Waals surface area contributed by atoms with Crippen LogP contribution in [0.5, 0.6) is 0 Å². The lowest BCUT2D eigenvalue weighted by Gasteiger charge is -2.18. The largest absolute Gasteiger partial charge is 0.368 e. The first-order valence-electron chi connectivity index (χ1n) is 7.34. The van der Waals surface area contributed by atoms with Gasteiger partial charge in [0.15, 0.2) is 17.0 Å². The number of aromatic nitrogens is 4. The smallest absolute Gasteiger partial charge is 0.224 e. The van der Waals surface area contributed by atoms with Crippen molar-refractivity contribution in [3.63, 3.8) is 0 Å². The monoisotopic (exact) mass is 290 g/mol. The number of hydrogen-bond donors (Lipinski definition) is 1. The van der Waals surface area contributed by atoms with Crippen LogP contribution in [0.2, 0.25) is 0 Å². The summed E-state index contributed by atoms with van der Waals surface area (Å²) in [7, 11) is 3.84. The molecule has 7 nitrogen and oxygen atoms in total. The fraction of sp³-hybridized carbons (Fsp3) is 0.643. The lowest BCUT2D eigenvalue weighted by Crippen LogP contribution is -2.16. The Labute approximate surface area is 124 Å². The third kappa shape index (κ3) is 2.31. The molecule has 0 spiro atoms. The lowest BCUT2D eigenvalue weighted by molar-refractivity contribution is -0.00903. The van der Waals surface area contributed by atoms with Gasteiger partial charge in [-0.3, -0.25) is 4.57 Å².